The molecule has 0 aliphatic heterocycles. The number of esters is 2. The number of ether oxygens (including phenoxy) is 2. The van der Waals surface area contributed by atoms with Crippen LogP contribution < -0.4 is 0 Å². The van der Waals surface area contributed by atoms with Gasteiger partial charge in [0.15, 0.2) is 6.10 Å². The zero-order valence-corrected chi connectivity index (χ0v) is 41.4. The summed E-state index contributed by atoms with van der Waals surface area (Å²) in [7, 11) is -16.6. The molecule has 380 valence electrons. The van der Waals surface area contributed by atoms with Crippen LogP contribution in [0.5, 0.6) is 0 Å². The predicted molar refractivity (Wildman–Crippen MR) is 242 cm³/mol. The molecule has 23 heteroatoms. The molecule has 1 aliphatic rings. The molecule has 4 unspecified atom stereocenters. The normalized spacial score (nSPS) is 22.0. The highest BCUT2D eigenvalue weighted by Crippen LogP contribution is 2.51. The van der Waals surface area contributed by atoms with E-state index < -0.39 is 91.3 Å². The SMILES string of the molecule is CCCCCCCCCCCCCCCC(=O)O[C@H](COC(=O)CCCCCCCCCCCCCCCS)COP(=O)(O)OC1C(O)[C@H](O)C(OP(=O)(O)O)[C@H](OP(=O)(O)O)[C@@H]1O. The van der Waals surface area contributed by atoms with E-state index in [-0.39, 0.29) is 12.8 Å². The lowest BCUT2D eigenvalue weighted by molar-refractivity contribution is -0.213. The first-order chi connectivity index (χ1) is 30.3. The van der Waals surface area contributed by atoms with Gasteiger partial charge in [-0.3, -0.25) is 27.7 Å². The number of aliphatic hydroxyl groups is 3. The molecule has 0 saturated heterocycles. The van der Waals surface area contributed by atoms with Crippen LogP contribution in [0, 0.1) is 0 Å². The van der Waals surface area contributed by atoms with Crippen LogP contribution in [0.15, 0.2) is 0 Å². The number of unbranched alkanes of at least 4 members (excludes halogenated alkanes) is 24. The third-order valence-electron chi connectivity index (χ3n) is 11.0. The number of carbonyl (C=O) groups is 2. The number of thiol groups is 1. The number of hydrogen-bond donors (Lipinski definition) is 9. The first kappa shape index (κ1) is 61.5. The molecule has 8 atom stereocenters. The van der Waals surface area contributed by atoms with E-state index in [2.05, 4.69) is 28.6 Å². The molecule has 1 aliphatic carbocycles. The zero-order chi connectivity index (χ0) is 47.9. The van der Waals surface area contributed by atoms with Gasteiger partial charge in [0.05, 0.1) is 6.61 Å². The van der Waals surface area contributed by atoms with E-state index in [1.165, 1.54) is 103 Å². The maximum absolute atomic E-state index is 13.1. The largest absolute Gasteiger partial charge is 0.472 e. The maximum atomic E-state index is 13.1. The van der Waals surface area contributed by atoms with Gasteiger partial charge in [0.2, 0.25) is 0 Å². The first-order valence-corrected chi connectivity index (χ1v) is 28.6. The Morgan fingerprint density at radius 2 is 0.844 bits per heavy atom. The van der Waals surface area contributed by atoms with Gasteiger partial charge in [-0.15, -0.1) is 0 Å². The summed E-state index contributed by atoms with van der Waals surface area (Å²) in [6, 6.07) is 0. The summed E-state index contributed by atoms with van der Waals surface area (Å²) in [5.41, 5.74) is 0. The molecule has 0 radical (unpaired) electrons. The van der Waals surface area contributed by atoms with E-state index >= 15 is 0 Å². The first-order valence-electron chi connectivity index (χ1n) is 23.4. The zero-order valence-electron chi connectivity index (χ0n) is 37.8. The molecule has 1 fully saturated rings. The summed E-state index contributed by atoms with van der Waals surface area (Å²) in [5.74, 6) is -0.345. The highest BCUT2D eigenvalue weighted by Gasteiger charge is 2.56. The summed E-state index contributed by atoms with van der Waals surface area (Å²) in [4.78, 5) is 73.1. The van der Waals surface area contributed by atoms with Crippen molar-refractivity contribution in [2.75, 3.05) is 19.0 Å². The van der Waals surface area contributed by atoms with E-state index in [0.717, 1.165) is 57.1 Å². The Hall–Kier alpha value is -0.500. The van der Waals surface area contributed by atoms with Crippen molar-refractivity contribution >= 4 is 48.0 Å². The fraction of sp³-hybridized carbons (Fsp3) is 0.951. The van der Waals surface area contributed by atoms with Gasteiger partial charge in [-0.25, -0.2) is 13.7 Å². The van der Waals surface area contributed by atoms with Crippen molar-refractivity contribution in [1.82, 2.24) is 0 Å². The second kappa shape index (κ2) is 35.6. The van der Waals surface area contributed by atoms with Gasteiger partial charge in [0.1, 0.15) is 43.2 Å². The molecule has 0 heterocycles. The van der Waals surface area contributed by atoms with Crippen molar-refractivity contribution in [1.29, 1.82) is 0 Å². The lowest BCUT2D eigenvalue weighted by atomic mass is 9.85. The highest BCUT2D eigenvalue weighted by atomic mass is 32.1. The third kappa shape index (κ3) is 31.5. The monoisotopic (exact) mass is 1000 g/mol. The Balaban J connectivity index is 2.73. The van der Waals surface area contributed by atoms with Crippen molar-refractivity contribution in [3.8, 4) is 0 Å². The maximum Gasteiger partial charge on any atom is 0.472 e. The van der Waals surface area contributed by atoms with E-state index in [1.54, 1.807) is 0 Å². The molecule has 0 aromatic rings. The van der Waals surface area contributed by atoms with Crippen molar-refractivity contribution in [2.24, 2.45) is 0 Å². The topological polar surface area (TPSA) is 303 Å². The van der Waals surface area contributed by atoms with E-state index in [0.29, 0.717) is 12.8 Å². The third-order valence-corrected chi connectivity index (χ3v) is 13.3. The average Bonchev–Trinajstić information content (AvgIpc) is 3.22. The smallest absolute Gasteiger partial charge is 0.462 e. The quantitative estimate of drug-likeness (QED) is 0.0122. The van der Waals surface area contributed by atoms with Gasteiger partial charge in [-0.05, 0) is 25.0 Å². The van der Waals surface area contributed by atoms with Gasteiger partial charge >= 0.3 is 35.4 Å². The molecule has 0 amide bonds. The van der Waals surface area contributed by atoms with Crippen LogP contribution in [0.1, 0.15) is 187 Å². The highest BCUT2D eigenvalue weighted by molar-refractivity contribution is 7.80. The number of phosphoric ester groups is 3. The molecular weight excluding hydrogens is 921 g/mol. The van der Waals surface area contributed by atoms with E-state index in [9.17, 15) is 63.1 Å². The minimum atomic E-state index is -5.60. The predicted octanol–water partition coefficient (Wildman–Crippen LogP) is 7.87. The van der Waals surface area contributed by atoms with Gasteiger partial charge in [-0.1, -0.05) is 155 Å². The van der Waals surface area contributed by atoms with Crippen LogP contribution in [-0.2, 0) is 50.9 Å². The van der Waals surface area contributed by atoms with Crippen LogP contribution >= 0.6 is 36.1 Å². The fourth-order valence-corrected chi connectivity index (χ4v) is 9.77. The van der Waals surface area contributed by atoms with Crippen molar-refractivity contribution in [3.05, 3.63) is 0 Å². The molecule has 0 spiro atoms. The van der Waals surface area contributed by atoms with Gasteiger partial charge < -0.3 is 49.3 Å². The Labute approximate surface area is 385 Å². The van der Waals surface area contributed by atoms with E-state index in [1.807, 2.05) is 0 Å². The fourth-order valence-electron chi connectivity index (χ4n) is 7.45. The minimum absolute atomic E-state index is 0.00334. The van der Waals surface area contributed by atoms with Crippen LogP contribution in [0.25, 0.3) is 0 Å². The number of carbonyl (C=O) groups excluding carboxylic acids is 2. The van der Waals surface area contributed by atoms with Crippen LogP contribution in [-0.4, -0.2) is 113 Å². The number of hydrogen-bond acceptors (Lipinski definition) is 15. The molecule has 0 aromatic carbocycles. The molecule has 1 saturated carbocycles. The summed E-state index contributed by atoms with van der Waals surface area (Å²) < 4.78 is 65.4. The Bertz CT molecular complexity index is 1370. The summed E-state index contributed by atoms with van der Waals surface area (Å²) in [6.07, 6.45) is 12.4. The second-order valence-electron chi connectivity index (χ2n) is 16.8. The number of rotatable bonds is 41. The molecular formula is C41H81O19P3S. The van der Waals surface area contributed by atoms with Crippen molar-refractivity contribution in [2.45, 2.75) is 229 Å². The molecule has 8 N–H and O–H groups in total. The van der Waals surface area contributed by atoms with Gasteiger partial charge in [0.25, 0.3) is 0 Å². The Kier molecular flexibility index (Phi) is 34.2. The standard InChI is InChI=1S/C41H81O19P3S/c1-2-3-4-5-6-7-8-10-14-17-20-23-26-29-35(43)57-33(31-55-34(42)28-25-22-19-16-13-11-9-12-15-18-21-24-27-30-64)32-56-63(53,54)60-39-36(44)37(45)40(58-61(47,48)49)41(38(39)46)59-62(50,51)52/h33,36-41,44-46,64H,2-32H2,1H3,(H,53,54)(H2,47,48,49)(H2,50,51,52)/t33-,36?,37+,38-,39?,40?,41-/m1/s1. The van der Waals surface area contributed by atoms with E-state index in [4.69, 9.17) is 18.5 Å². The number of phosphoric acid groups is 3. The molecule has 1 rings (SSSR count). The molecule has 0 aromatic heterocycles. The van der Waals surface area contributed by atoms with Crippen molar-refractivity contribution < 1.29 is 90.6 Å². The molecule has 19 nitrogen and oxygen atoms in total. The van der Waals surface area contributed by atoms with Crippen LogP contribution in [0.2, 0.25) is 0 Å². The Morgan fingerprint density at radius 3 is 1.25 bits per heavy atom. The second-order valence-corrected chi connectivity index (χ2v) is 21.0. The van der Waals surface area contributed by atoms with Gasteiger partial charge in [-0.2, -0.15) is 12.6 Å². The average molecular weight is 1000 g/mol. The lowest BCUT2D eigenvalue weighted by Crippen LogP contribution is -2.65. The number of aliphatic hydroxyl groups excluding tert-OH is 3. The summed E-state index contributed by atoms with van der Waals surface area (Å²) in [6.45, 7) is 0.730. The van der Waals surface area contributed by atoms with Crippen LogP contribution in [0.4, 0.5) is 0 Å². The molecule has 64 heavy (non-hydrogen) atoms. The Morgan fingerprint density at radius 1 is 0.484 bits per heavy atom. The van der Waals surface area contributed by atoms with Gasteiger partial charge in [0, 0.05) is 12.8 Å². The lowest BCUT2D eigenvalue weighted by Gasteiger charge is -2.44. The summed E-state index contributed by atoms with van der Waals surface area (Å²) in [5, 5.41) is 31.8. The molecule has 0 bridgehead atoms. The van der Waals surface area contributed by atoms with Crippen molar-refractivity contribution in [3.63, 3.8) is 0 Å². The summed E-state index contributed by atoms with van der Waals surface area (Å²) >= 11 is 4.24. The minimum Gasteiger partial charge on any atom is -0.462 e. The van der Waals surface area contributed by atoms with Crippen LogP contribution in [0.3, 0.4) is 0 Å².